The van der Waals surface area contributed by atoms with Crippen LogP contribution in [0.1, 0.15) is 20.7 Å². The van der Waals surface area contributed by atoms with Crippen molar-refractivity contribution in [1.82, 2.24) is 0 Å². The summed E-state index contributed by atoms with van der Waals surface area (Å²) in [4.78, 5) is 22.8. The van der Waals surface area contributed by atoms with Gasteiger partial charge in [0.15, 0.2) is 0 Å². The number of phenols is 1. The number of hydrogen-bond donors (Lipinski definition) is 3. The monoisotopic (exact) mass is 309 g/mol. The van der Waals surface area contributed by atoms with Gasteiger partial charge in [-0.05, 0) is 36.4 Å². The van der Waals surface area contributed by atoms with Crippen molar-refractivity contribution in [3.8, 4) is 5.75 Å². The molecule has 21 heavy (non-hydrogen) atoms. The smallest absolute Gasteiger partial charge is 0.335 e. The Morgan fingerprint density at radius 2 is 1.86 bits per heavy atom. The first-order valence-electron chi connectivity index (χ1n) is 5.71. The second kappa shape index (κ2) is 5.80. The van der Waals surface area contributed by atoms with Gasteiger partial charge in [0.05, 0.1) is 16.8 Å². The summed E-state index contributed by atoms with van der Waals surface area (Å²) < 4.78 is 13.6. The molecule has 3 N–H and O–H groups in total. The van der Waals surface area contributed by atoms with Crippen molar-refractivity contribution in [3.63, 3.8) is 0 Å². The zero-order chi connectivity index (χ0) is 15.6. The number of carboxylic acid groups (broad SMARTS) is 1. The fourth-order valence-corrected chi connectivity index (χ4v) is 1.80. The maximum atomic E-state index is 13.6. The van der Waals surface area contributed by atoms with Crippen LogP contribution in [0.3, 0.4) is 0 Å². The first-order chi connectivity index (χ1) is 9.88. The number of rotatable bonds is 3. The van der Waals surface area contributed by atoms with Crippen LogP contribution in [-0.4, -0.2) is 22.1 Å². The van der Waals surface area contributed by atoms with Crippen LogP contribution in [0.4, 0.5) is 10.1 Å². The molecule has 0 heterocycles. The third-order valence-corrected chi connectivity index (χ3v) is 2.90. The second-order valence-corrected chi connectivity index (χ2v) is 4.55. The number of nitrogens with one attached hydrogen (secondary N) is 1. The Kier molecular flexibility index (Phi) is 4.09. The predicted octanol–water partition coefficient (Wildman–Crippen LogP) is 3.14. The summed E-state index contributed by atoms with van der Waals surface area (Å²) in [5.74, 6) is -3.20. The van der Waals surface area contributed by atoms with E-state index in [1.807, 2.05) is 0 Å². The number of phenolic OH excluding ortho intramolecular Hbond substituents is 1. The largest absolute Gasteiger partial charge is 0.506 e. The van der Waals surface area contributed by atoms with Crippen molar-refractivity contribution in [2.24, 2.45) is 0 Å². The third kappa shape index (κ3) is 3.29. The maximum absolute atomic E-state index is 13.6. The van der Waals surface area contributed by atoms with Crippen molar-refractivity contribution in [1.29, 1.82) is 0 Å². The Bertz CT molecular complexity index is 733. The molecule has 0 fully saturated rings. The lowest BCUT2D eigenvalue weighted by atomic mass is 10.1. The average molecular weight is 310 g/mol. The van der Waals surface area contributed by atoms with Gasteiger partial charge in [-0.25, -0.2) is 9.18 Å². The zero-order valence-corrected chi connectivity index (χ0v) is 11.2. The van der Waals surface area contributed by atoms with Crippen LogP contribution in [0.15, 0.2) is 36.4 Å². The predicted molar refractivity (Wildman–Crippen MR) is 74.4 cm³/mol. The number of aromatic carboxylic acids is 1. The van der Waals surface area contributed by atoms with Crippen LogP contribution < -0.4 is 5.32 Å². The number of amides is 1. The van der Waals surface area contributed by atoms with Gasteiger partial charge in [-0.1, -0.05) is 11.6 Å². The molecule has 2 aromatic carbocycles. The fraction of sp³-hybridized carbons (Fsp3) is 0. The van der Waals surface area contributed by atoms with Crippen LogP contribution >= 0.6 is 11.6 Å². The minimum absolute atomic E-state index is 0.130. The highest BCUT2D eigenvalue weighted by atomic mass is 35.5. The Morgan fingerprint density at radius 3 is 2.52 bits per heavy atom. The van der Waals surface area contributed by atoms with E-state index < -0.39 is 17.7 Å². The van der Waals surface area contributed by atoms with Crippen LogP contribution in [0.2, 0.25) is 5.02 Å². The maximum Gasteiger partial charge on any atom is 0.335 e. The molecule has 0 bridgehead atoms. The SMILES string of the molecule is O=C(O)c1ccc(O)c(NC(=O)c2cc(Cl)ccc2F)c1. The average Bonchev–Trinajstić information content (AvgIpc) is 2.43. The van der Waals surface area contributed by atoms with Crippen LogP contribution in [-0.2, 0) is 0 Å². The topological polar surface area (TPSA) is 86.6 Å². The van der Waals surface area contributed by atoms with Gasteiger partial charge in [-0.3, -0.25) is 4.79 Å². The number of carbonyl (C=O) groups is 2. The lowest BCUT2D eigenvalue weighted by Gasteiger charge is -2.09. The number of benzene rings is 2. The second-order valence-electron chi connectivity index (χ2n) is 4.12. The van der Waals surface area contributed by atoms with E-state index in [1.165, 1.54) is 12.1 Å². The number of anilines is 1. The number of hydrogen-bond acceptors (Lipinski definition) is 3. The normalized spacial score (nSPS) is 10.2. The van der Waals surface area contributed by atoms with Crippen LogP contribution in [0, 0.1) is 5.82 Å². The molecule has 0 aliphatic carbocycles. The molecule has 0 aliphatic rings. The van der Waals surface area contributed by atoms with E-state index in [0.29, 0.717) is 0 Å². The highest BCUT2D eigenvalue weighted by Gasteiger charge is 2.15. The van der Waals surface area contributed by atoms with Crippen LogP contribution in [0.25, 0.3) is 0 Å². The highest BCUT2D eigenvalue weighted by Crippen LogP contribution is 2.25. The Hall–Kier alpha value is -2.60. The molecule has 1 amide bonds. The molecule has 2 rings (SSSR count). The lowest BCUT2D eigenvalue weighted by molar-refractivity contribution is 0.0696. The van der Waals surface area contributed by atoms with Crippen molar-refractivity contribution >= 4 is 29.2 Å². The molecule has 2 aromatic rings. The van der Waals surface area contributed by atoms with Gasteiger partial charge < -0.3 is 15.5 Å². The zero-order valence-electron chi connectivity index (χ0n) is 10.4. The van der Waals surface area contributed by atoms with Gasteiger partial charge in [0.25, 0.3) is 5.91 Å². The van der Waals surface area contributed by atoms with Gasteiger partial charge in [-0.15, -0.1) is 0 Å². The van der Waals surface area contributed by atoms with E-state index in [1.54, 1.807) is 0 Å². The summed E-state index contributed by atoms with van der Waals surface area (Å²) in [7, 11) is 0. The molecule has 7 heteroatoms. The van der Waals surface area contributed by atoms with E-state index in [2.05, 4.69) is 5.32 Å². The summed E-state index contributed by atoms with van der Waals surface area (Å²) in [6, 6.07) is 6.81. The Labute approximate surface area is 123 Å². The molecule has 0 aromatic heterocycles. The summed E-state index contributed by atoms with van der Waals surface area (Å²) >= 11 is 5.69. The molecular formula is C14H9ClFNO4. The molecule has 0 spiro atoms. The first-order valence-corrected chi connectivity index (χ1v) is 6.09. The Balaban J connectivity index is 2.33. The fourth-order valence-electron chi connectivity index (χ4n) is 1.63. The van der Waals surface area contributed by atoms with Crippen molar-refractivity contribution in [2.75, 3.05) is 5.32 Å². The molecule has 0 atom stereocenters. The summed E-state index contributed by atoms with van der Waals surface area (Å²) in [6.45, 7) is 0. The minimum Gasteiger partial charge on any atom is -0.506 e. The Morgan fingerprint density at radius 1 is 1.14 bits per heavy atom. The minimum atomic E-state index is -1.22. The molecule has 0 radical (unpaired) electrons. The molecular weight excluding hydrogens is 301 g/mol. The standard InChI is InChI=1S/C14H9ClFNO4/c15-8-2-3-10(16)9(6-8)13(19)17-11-5-7(14(20)21)1-4-12(11)18/h1-6,18H,(H,17,19)(H,20,21). The van der Waals surface area contributed by atoms with Gasteiger partial charge in [0.2, 0.25) is 0 Å². The summed E-state index contributed by atoms with van der Waals surface area (Å²) in [5.41, 5.74) is -0.587. The lowest BCUT2D eigenvalue weighted by Crippen LogP contribution is -2.14. The van der Waals surface area contributed by atoms with Gasteiger partial charge in [0, 0.05) is 5.02 Å². The van der Waals surface area contributed by atoms with E-state index in [-0.39, 0.29) is 27.6 Å². The summed E-state index contributed by atoms with van der Waals surface area (Å²) in [5, 5.41) is 20.9. The first kappa shape index (κ1) is 14.8. The number of carbonyl (C=O) groups excluding carboxylic acids is 1. The molecule has 0 saturated carbocycles. The number of carboxylic acids is 1. The van der Waals surface area contributed by atoms with E-state index >= 15 is 0 Å². The van der Waals surface area contributed by atoms with E-state index in [9.17, 15) is 19.1 Å². The van der Waals surface area contributed by atoms with Crippen molar-refractivity contribution in [2.45, 2.75) is 0 Å². The summed E-state index contributed by atoms with van der Waals surface area (Å²) in [6.07, 6.45) is 0. The van der Waals surface area contributed by atoms with E-state index in [4.69, 9.17) is 16.7 Å². The molecule has 108 valence electrons. The number of aromatic hydroxyl groups is 1. The third-order valence-electron chi connectivity index (χ3n) is 2.66. The molecule has 5 nitrogen and oxygen atoms in total. The van der Waals surface area contributed by atoms with Gasteiger partial charge in [0.1, 0.15) is 11.6 Å². The molecule has 0 unspecified atom stereocenters. The number of halogens is 2. The van der Waals surface area contributed by atoms with Crippen molar-refractivity contribution < 1.29 is 24.2 Å². The van der Waals surface area contributed by atoms with Gasteiger partial charge in [-0.2, -0.15) is 0 Å². The van der Waals surface area contributed by atoms with Crippen LogP contribution in [0.5, 0.6) is 5.75 Å². The highest BCUT2D eigenvalue weighted by molar-refractivity contribution is 6.31. The molecule has 0 aliphatic heterocycles. The quantitative estimate of drug-likeness (QED) is 0.760. The van der Waals surface area contributed by atoms with Crippen molar-refractivity contribution in [3.05, 3.63) is 58.4 Å². The van der Waals surface area contributed by atoms with Gasteiger partial charge >= 0.3 is 5.97 Å². The molecule has 0 saturated heterocycles. The van der Waals surface area contributed by atoms with E-state index in [0.717, 1.165) is 24.3 Å².